The summed E-state index contributed by atoms with van der Waals surface area (Å²) in [4.78, 5) is 0. The van der Waals surface area contributed by atoms with Crippen LogP contribution in [0.3, 0.4) is 0 Å². The van der Waals surface area contributed by atoms with E-state index in [0.717, 1.165) is 18.4 Å². The molecular weight excluding hydrogens is 150 g/mol. The van der Waals surface area contributed by atoms with Crippen LogP contribution in [0, 0.1) is 0 Å². The highest BCUT2D eigenvalue weighted by molar-refractivity contribution is 5.31. The van der Waals surface area contributed by atoms with Gasteiger partial charge in [0.05, 0.1) is 0 Å². The van der Waals surface area contributed by atoms with Crippen LogP contribution in [0.15, 0.2) is 24.3 Å². The maximum Gasteiger partial charge on any atom is 0.118 e. The zero-order valence-electron chi connectivity index (χ0n) is 7.59. The number of phenols is 1. The van der Waals surface area contributed by atoms with Crippen molar-refractivity contribution in [2.24, 2.45) is 0 Å². The van der Waals surface area contributed by atoms with Crippen molar-refractivity contribution < 1.29 is 5.11 Å². The molecule has 0 saturated heterocycles. The minimum atomic E-state index is 0. The van der Waals surface area contributed by atoms with Gasteiger partial charge in [-0.05, 0) is 24.5 Å². The smallest absolute Gasteiger partial charge is 0.118 e. The fraction of sp³-hybridized carbons (Fsp3) is 0.400. The molecule has 1 aromatic carbocycles. The first kappa shape index (κ1) is 11.0. The van der Waals surface area contributed by atoms with Crippen molar-refractivity contribution in [1.29, 1.82) is 0 Å². The third-order valence-electron chi connectivity index (χ3n) is 1.79. The Balaban J connectivity index is 0.00000121. The Morgan fingerprint density at radius 2 is 1.92 bits per heavy atom. The molecule has 0 unspecified atom stereocenters. The SMILES string of the molecule is CCCCc1ccccc1O.N. The van der Waals surface area contributed by atoms with Gasteiger partial charge in [0, 0.05) is 0 Å². The Morgan fingerprint density at radius 3 is 2.50 bits per heavy atom. The predicted molar refractivity (Wildman–Crippen MR) is 51.7 cm³/mol. The molecule has 0 radical (unpaired) electrons. The van der Waals surface area contributed by atoms with E-state index in [0.29, 0.717) is 5.75 Å². The number of hydrogen-bond acceptors (Lipinski definition) is 2. The summed E-state index contributed by atoms with van der Waals surface area (Å²) < 4.78 is 0. The summed E-state index contributed by atoms with van der Waals surface area (Å²) >= 11 is 0. The third-order valence-corrected chi connectivity index (χ3v) is 1.79. The minimum Gasteiger partial charge on any atom is -0.508 e. The fourth-order valence-corrected chi connectivity index (χ4v) is 1.09. The second-order valence-electron chi connectivity index (χ2n) is 2.73. The van der Waals surface area contributed by atoms with Crippen LogP contribution < -0.4 is 6.15 Å². The lowest BCUT2D eigenvalue weighted by Crippen LogP contribution is -1.83. The summed E-state index contributed by atoms with van der Waals surface area (Å²) in [6.45, 7) is 2.15. The number of rotatable bonds is 3. The summed E-state index contributed by atoms with van der Waals surface area (Å²) in [7, 11) is 0. The predicted octanol–water partition coefficient (Wildman–Crippen LogP) is 2.90. The molecule has 0 atom stereocenters. The van der Waals surface area contributed by atoms with Crippen molar-refractivity contribution in [3.8, 4) is 5.75 Å². The highest BCUT2D eigenvalue weighted by atomic mass is 16.3. The molecule has 0 aliphatic heterocycles. The van der Waals surface area contributed by atoms with Gasteiger partial charge in [0.2, 0.25) is 0 Å². The number of para-hydroxylation sites is 1. The van der Waals surface area contributed by atoms with Crippen molar-refractivity contribution in [1.82, 2.24) is 6.15 Å². The van der Waals surface area contributed by atoms with Crippen molar-refractivity contribution in [2.45, 2.75) is 26.2 Å². The Labute approximate surface area is 73.8 Å². The van der Waals surface area contributed by atoms with Crippen molar-refractivity contribution in [3.05, 3.63) is 29.8 Å². The Hall–Kier alpha value is -1.02. The van der Waals surface area contributed by atoms with E-state index in [1.165, 1.54) is 6.42 Å². The van der Waals surface area contributed by atoms with Crippen LogP contribution in [0.1, 0.15) is 25.3 Å². The van der Waals surface area contributed by atoms with E-state index in [1.54, 1.807) is 6.07 Å². The van der Waals surface area contributed by atoms with Gasteiger partial charge in [0.15, 0.2) is 0 Å². The number of aromatic hydroxyl groups is 1. The minimum absolute atomic E-state index is 0. The quantitative estimate of drug-likeness (QED) is 0.727. The van der Waals surface area contributed by atoms with Crippen molar-refractivity contribution >= 4 is 0 Å². The molecule has 1 aromatic rings. The van der Waals surface area contributed by atoms with E-state index in [4.69, 9.17) is 0 Å². The molecule has 12 heavy (non-hydrogen) atoms. The second-order valence-corrected chi connectivity index (χ2v) is 2.73. The lowest BCUT2D eigenvalue weighted by Gasteiger charge is -2.01. The monoisotopic (exact) mass is 167 g/mol. The molecule has 0 bridgehead atoms. The zero-order valence-corrected chi connectivity index (χ0v) is 7.59. The maximum absolute atomic E-state index is 9.34. The van der Waals surface area contributed by atoms with Crippen molar-refractivity contribution in [3.63, 3.8) is 0 Å². The Morgan fingerprint density at radius 1 is 1.25 bits per heavy atom. The molecule has 1 rings (SSSR count). The van der Waals surface area contributed by atoms with Crippen LogP contribution in [-0.2, 0) is 6.42 Å². The highest BCUT2D eigenvalue weighted by Gasteiger charge is 1.96. The van der Waals surface area contributed by atoms with E-state index in [2.05, 4.69) is 6.92 Å². The molecule has 2 nitrogen and oxygen atoms in total. The highest BCUT2D eigenvalue weighted by Crippen LogP contribution is 2.17. The van der Waals surface area contributed by atoms with E-state index in [9.17, 15) is 5.11 Å². The molecule has 0 heterocycles. The van der Waals surface area contributed by atoms with Crippen LogP contribution in [-0.4, -0.2) is 5.11 Å². The average Bonchev–Trinajstić information content (AvgIpc) is 2.03. The standard InChI is InChI=1S/C10H14O.H3N/c1-2-3-6-9-7-4-5-8-10(9)11;/h4-5,7-8,11H,2-3,6H2,1H3;1H3. The van der Waals surface area contributed by atoms with Gasteiger partial charge in [-0.2, -0.15) is 0 Å². The Bertz CT molecular complexity index is 223. The summed E-state index contributed by atoms with van der Waals surface area (Å²) in [5.41, 5.74) is 1.06. The maximum atomic E-state index is 9.34. The van der Waals surface area contributed by atoms with E-state index in [1.807, 2.05) is 18.2 Å². The van der Waals surface area contributed by atoms with E-state index < -0.39 is 0 Å². The molecule has 0 amide bonds. The first-order valence-electron chi connectivity index (χ1n) is 4.11. The number of aryl methyl sites for hydroxylation is 1. The molecule has 0 spiro atoms. The molecule has 0 aliphatic rings. The number of benzene rings is 1. The van der Waals surface area contributed by atoms with Gasteiger partial charge in [-0.3, -0.25) is 0 Å². The first-order chi connectivity index (χ1) is 5.34. The third kappa shape index (κ3) is 2.93. The van der Waals surface area contributed by atoms with Gasteiger partial charge >= 0.3 is 0 Å². The molecule has 0 saturated carbocycles. The summed E-state index contributed by atoms with van der Waals surface area (Å²) in [6.07, 6.45) is 3.31. The van der Waals surface area contributed by atoms with Crippen LogP contribution >= 0.6 is 0 Å². The summed E-state index contributed by atoms with van der Waals surface area (Å²) in [5.74, 6) is 0.431. The van der Waals surface area contributed by atoms with Crippen LogP contribution in [0.4, 0.5) is 0 Å². The molecule has 0 aliphatic carbocycles. The number of unbranched alkanes of at least 4 members (excludes halogenated alkanes) is 1. The van der Waals surface area contributed by atoms with Gasteiger partial charge in [0.1, 0.15) is 5.75 Å². The van der Waals surface area contributed by atoms with Gasteiger partial charge in [-0.25, -0.2) is 0 Å². The normalized spacial score (nSPS) is 9.08. The van der Waals surface area contributed by atoms with E-state index >= 15 is 0 Å². The van der Waals surface area contributed by atoms with Crippen LogP contribution in [0.2, 0.25) is 0 Å². The first-order valence-corrected chi connectivity index (χ1v) is 4.11. The number of hydrogen-bond donors (Lipinski definition) is 2. The molecule has 68 valence electrons. The average molecular weight is 167 g/mol. The summed E-state index contributed by atoms with van der Waals surface area (Å²) in [5, 5.41) is 9.34. The Kier molecular flexibility index (Phi) is 5.13. The van der Waals surface area contributed by atoms with Gasteiger partial charge < -0.3 is 11.3 Å². The molecule has 0 fully saturated rings. The van der Waals surface area contributed by atoms with Gasteiger partial charge in [-0.15, -0.1) is 0 Å². The zero-order chi connectivity index (χ0) is 8.10. The second kappa shape index (κ2) is 5.61. The van der Waals surface area contributed by atoms with Gasteiger partial charge in [-0.1, -0.05) is 31.5 Å². The summed E-state index contributed by atoms with van der Waals surface area (Å²) in [6, 6.07) is 7.53. The fourth-order valence-electron chi connectivity index (χ4n) is 1.09. The molecule has 2 heteroatoms. The van der Waals surface area contributed by atoms with Crippen molar-refractivity contribution in [2.75, 3.05) is 0 Å². The van der Waals surface area contributed by atoms with Crippen LogP contribution in [0.5, 0.6) is 5.75 Å². The van der Waals surface area contributed by atoms with Crippen LogP contribution in [0.25, 0.3) is 0 Å². The van der Waals surface area contributed by atoms with E-state index in [-0.39, 0.29) is 6.15 Å². The number of phenolic OH excluding ortho intramolecular Hbond substituents is 1. The molecule has 0 aromatic heterocycles. The largest absolute Gasteiger partial charge is 0.508 e. The molecular formula is C10H17NO. The van der Waals surface area contributed by atoms with Gasteiger partial charge in [0.25, 0.3) is 0 Å². The lowest BCUT2D eigenvalue weighted by atomic mass is 10.1. The lowest BCUT2D eigenvalue weighted by molar-refractivity contribution is 0.467. The topological polar surface area (TPSA) is 55.2 Å². The molecule has 4 N–H and O–H groups in total.